The molecular formula is C13H12N2O4. The number of aliphatic carboxylic acids is 1. The van der Waals surface area contributed by atoms with E-state index in [4.69, 9.17) is 9.63 Å². The normalized spacial score (nSPS) is 11.8. The third-order valence-electron chi connectivity index (χ3n) is 2.52. The highest BCUT2D eigenvalue weighted by atomic mass is 16.5. The van der Waals surface area contributed by atoms with Gasteiger partial charge in [-0.15, -0.1) is 0 Å². The average molecular weight is 260 g/mol. The lowest BCUT2D eigenvalue weighted by Gasteiger charge is -2.06. The SMILES string of the molecule is C[C@@H](NC(=O)c1cc(-c2ccccc2)on1)C(=O)O. The number of aromatic nitrogens is 1. The van der Waals surface area contributed by atoms with Gasteiger partial charge in [-0.25, -0.2) is 0 Å². The Morgan fingerprint density at radius 2 is 2.00 bits per heavy atom. The fourth-order valence-corrected chi connectivity index (χ4v) is 1.45. The molecule has 1 atom stereocenters. The molecule has 0 saturated carbocycles. The highest BCUT2D eigenvalue weighted by Crippen LogP contribution is 2.19. The Kier molecular flexibility index (Phi) is 3.61. The molecule has 0 bridgehead atoms. The van der Waals surface area contributed by atoms with Crippen LogP contribution in [0.5, 0.6) is 0 Å². The van der Waals surface area contributed by atoms with Gasteiger partial charge in [0.2, 0.25) is 0 Å². The monoisotopic (exact) mass is 260 g/mol. The fraction of sp³-hybridized carbons (Fsp3) is 0.154. The van der Waals surface area contributed by atoms with Crippen LogP contribution < -0.4 is 5.32 Å². The first-order valence-corrected chi connectivity index (χ1v) is 5.63. The van der Waals surface area contributed by atoms with Gasteiger partial charge in [0, 0.05) is 11.6 Å². The van der Waals surface area contributed by atoms with Crippen molar-refractivity contribution in [3.63, 3.8) is 0 Å². The van der Waals surface area contributed by atoms with E-state index in [1.54, 1.807) is 0 Å². The number of nitrogens with one attached hydrogen (secondary N) is 1. The maximum absolute atomic E-state index is 11.7. The number of benzene rings is 1. The maximum atomic E-state index is 11.7. The van der Waals surface area contributed by atoms with Gasteiger partial charge in [0.05, 0.1) is 0 Å². The van der Waals surface area contributed by atoms with E-state index in [2.05, 4.69) is 10.5 Å². The van der Waals surface area contributed by atoms with Crippen molar-refractivity contribution < 1.29 is 19.2 Å². The van der Waals surface area contributed by atoms with Gasteiger partial charge in [-0.1, -0.05) is 35.5 Å². The number of carbonyl (C=O) groups excluding carboxylic acids is 1. The lowest BCUT2D eigenvalue weighted by Crippen LogP contribution is -2.38. The van der Waals surface area contributed by atoms with Crippen LogP contribution in [0.1, 0.15) is 17.4 Å². The maximum Gasteiger partial charge on any atom is 0.325 e. The highest BCUT2D eigenvalue weighted by molar-refractivity contribution is 5.95. The van der Waals surface area contributed by atoms with Crippen LogP contribution in [0.2, 0.25) is 0 Å². The number of nitrogens with zero attached hydrogens (tertiary/aromatic N) is 1. The van der Waals surface area contributed by atoms with Crippen molar-refractivity contribution in [1.82, 2.24) is 10.5 Å². The zero-order valence-corrected chi connectivity index (χ0v) is 10.2. The Morgan fingerprint density at radius 3 is 2.63 bits per heavy atom. The first kappa shape index (κ1) is 12.8. The minimum atomic E-state index is -1.11. The molecule has 1 aromatic carbocycles. The van der Waals surface area contributed by atoms with Crippen LogP contribution in [0, 0.1) is 0 Å². The van der Waals surface area contributed by atoms with Gasteiger partial charge < -0.3 is 14.9 Å². The van der Waals surface area contributed by atoms with Gasteiger partial charge in [-0.05, 0) is 6.92 Å². The third kappa shape index (κ3) is 2.98. The molecule has 6 heteroatoms. The molecule has 0 radical (unpaired) electrons. The van der Waals surface area contributed by atoms with E-state index >= 15 is 0 Å². The van der Waals surface area contributed by atoms with Crippen molar-refractivity contribution in [1.29, 1.82) is 0 Å². The summed E-state index contributed by atoms with van der Waals surface area (Å²) in [7, 11) is 0. The molecule has 98 valence electrons. The van der Waals surface area contributed by atoms with E-state index in [9.17, 15) is 9.59 Å². The minimum absolute atomic E-state index is 0.0481. The van der Waals surface area contributed by atoms with Crippen molar-refractivity contribution in [3.05, 3.63) is 42.1 Å². The standard InChI is InChI=1S/C13H12N2O4/c1-8(13(17)18)14-12(16)10-7-11(19-15-10)9-5-3-2-4-6-9/h2-8H,1H3,(H,14,16)(H,17,18)/t8-/m1/s1. The molecule has 0 aliphatic heterocycles. The summed E-state index contributed by atoms with van der Waals surface area (Å²) in [6.07, 6.45) is 0. The summed E-state index contributed by atoms with van der Waals surface area (Å²) in [4.78, 5) is 22.3. The number of rotatable bonds is 4. The second-order valence-corrected chi connectivity index (χ2v) is 3.98. The van der Waals surface area contributed by atoms with Gasteiger partial charge >= 0.3 is 5.97 Å². The van der Waals surface area contributed by atoms with Gasteiger partial charge in [0.1, 0.15) is 6.04 Å². The number of carboxylic acids is 1. The summed E-state index contributed by atoms with van der Waals surface area (Å²) < 4.78 is 5.06. The third-order valence-corrected chi connectivity index (χ3v) is 2.52. The molecule has 2 rings (SSSR count). The summed E-state index contributed by atoms with van der Waals surface area (Å²) in [5.74, 6) is -1.24. The second-order valence-electron chi connectivity index (χ2n) is 3.98. The molecule has 2 aromatic rings. The van der Waals surface area contributed by atoms with Crippen LogP contribution in [-0.4, -0.2) is 28.2 Å². The molecule has 0 fully saturated rings. The van der Waals surface area contributed by atoms with E-state index < -0.39 is 17.9 Å². The van der Waals surface area contributed by atoms with Crippen LogP contribution in [0.15, 0.2) is 40.9 Å². The summed E-state index contributed by atoms with van der Waals surface area (Å²) in [5.41, 5.74) is 0.840. The molecule has 0 saturated heterocycles. The van der Waals surface area contributed by atoms with Gasteiger partial charge in [-0.2, -0.15) is 0 Å². The van der Waals surface area contributed by atoms with Crippen molar-refractivity contribution in [2.24, 2.45) is 0 Å². The Hall–Kier alpha value is -2.63. The molecule has 19 heavy (non-hydrogen) atoms. The number of amides is 1. The van der Waals surface area contributed by atoms with Crippen LogP contribution in [-0.2, 0) is 4.79 Å². The molecular weight excluding hydrogens is 248 g/mol. The summed E-state index contributed by atoms with van der Waals surface area (Å²) in [5, 5.41) is 14.6. The number of hydrogen-bond acceptors (Lipinski definition) is 4. The molecule has 1 aromatic heterocycles. The zero-order valence-electron chi connectivity index (χ0n) is 10.2. The summed E-state index contributed by atoms with van der Waals surface area (Å²) in [6, 6.07) is 9.67. The molecule has 0 unspecified atom stereocenters. The molecule has 6 nitrogen and oxygen atoms in total. The molecule has 0 aliphatic rings. The predicted octanol–water partition coefficient (Wildman–Crippen LogP) is 1.54. The molecule has 0 aliphatic carbocycles. The minimum Gasteiger partial charge on any atom is -0.480 e. The quantitative estimate of drug-likeness (QED) is 0.869. The first-order chi connectivity index (χ1) is 9.08. The van der Waals surface area contributed by atoms with Gasteiger partial charge in [0.15, 0.2) is 11.5 Å². The van der Waals surface area contributed by atoms with Crippen LogP contribution in [0.25, 0.3) is 11.3 Å². The summed E-state index contributed by atoms with van der Waals surface area (Å²) >= 11 is 0. The topological polar surface area (TPSA) is 92.4 Å². The van der Waals surface area contributed by atoms with Crippen molar-refractivity contribution >= 4 is 11.9 Å². The highest BCUT2D eigenvalue weighted by Gasteiger charge is 2.18. The van der Waals surface area contributed by atoms with Crippen LogP contribution in [0.4, 0.5) is 0 Å². The first-order valence-electron chi connectivity index (χ1n) is 5.63. The molecule has 2 N–H and O–H groups in total. The fourth-order valence-electron chi connectivity index (χ4n) is 1.45. The molecule has 1 heterocycles. The largest absolute Gasteiger partial charge is 0.480 e. The van der Waals surface area contributed by atoms with E-state index in [-0.39, 0.29) is 5.69 Å². The van der Waals surface area contributed by atoms with Gasteiger partial charge in [-0.3, -0.25) is 9.59 Å². The summed E-state index contributed by atoms with van der Waals surface area (Å²) in [6.45, 7) is 1.37. The van der Waals surface area contributed by atoms with E-state index in [0.29, 0.717) is 5.76 Å². The lowest BCUT2D eigenvalue weighted by atomic mass is 10.1. The molecule has 1 amide bonds. The predicted molar refractivity (Wildman–Crippen MR) is 66.5 cm³/mol. The average Bonchev–Trinajstić information content (AvgIpc) is 2.89. The van der Waals surface area contributed by atoms with Gasteiger partial charge in [0.25, 0.3) is 5.91 Å². The van der Waals surface area contributed by atoms with E-state index in [1.165, 1.54) is 13.0 Å². The Labute approximate surface area is 109 Å². The van der Waals surface area contributed by atoms with Crippen molar-refractivity contribution in [3.8, 4) is 11.3 Å². The lowest BCUT2D eigenvalue weighted by molar-refractivity contribution is -0.138. The van der Waals surface area contributed by atoms with E-state index in [0.717, 1.165) is 5.56 Å². The second kappa shape index (κ2) is 5.34. The van der Waals surface area contributed by atoms with Crippen LogP contribution >= 0.6 is 0 Å². The van der Waals surface area contributed by atoms with Crippen molar-refractivity contribution in [2.75, 3.05) is 0 Å². The van der Waals surface area contributed by atoms with E-state index in [1.807, 2.05) is 30.3 Å². The van der Waals surface area contributed by atoms with Crippen molar-refractivity contribution in [2.45, 2.75) is 13.0 Å². The number of hydrogen-bond donors (Lipinski definition) is 2. The number of carboxylic acid groups (broad SMARTS) is 1. The zero-order chi connectivity index (χ0) is 13.8. The molecule has 0 spiro atoms. The number of carbonyl (C=O) groups is 2. The Morgan fingerprint density at radius 1 is 1.32 bits per heavy atom. The van der Waals surface area contributed by atoms with Crippen LogP contribution in [0.3, 0.4) is 0 Å². The smallest absolute Gasteiger partial charge is 0.325 e. The Bertz CT molecular complexity index is 592. The Balaban J connectivity index is 2.13.